The molecule has 0 amide bonds. The van der Waals surface area contributed by atoms with Crippen LogP contribution in [0.4, 0.5) is 4.39 Å². The maximum atomic E-state index is 15.0. The molecule has 0 atom stereocenters. The van der Waals surface area contributed by atoms with Gasteiger partial charge in [0.1, 0.15) is 11.4 Å². The Morgan fingerprint density at radius 1 is 1.35 bits per heavy atom. The molecule has 0 bridgehead atoms. The molecular weight excluding hydrogens is 350 g/mol. The normalized spacial score (nSPS) is 22.2. The lowest BCUT2D eigenvalue weighted by atomic mass is 9.87. The summed E-state index contributed by atoms with van der Waals surface area (Å²) in [4.78, 5) is 1.03. The minimum absolute atomic E-state index is 0.424. The van der Waals surface area contributed by atoms with Gasteiger partial charge in [-0.3, -0.25) is 4.68 Å². The van der Waals surface area contributed by atoms with Gasteiger partial charge in [0, 0.05) is 18.3 Å². The van der Waals surface area contributed by atoms with Crippen molar-refractivity contribution in [3.8, 4) is 10.6 Å². The predicted octanol–water partition coefficient (Wildman–Crippen LogP) is 4.96. The molecule has 2 aliphatic rings. The maximum absolute atomic E-state index is 15.0. The smallest absolute Gasteiger partial charge is 0.398 e. The summed E-state index contributed by atoms with van der Waals surface area (Å²) in [6, 6.07) is 4.00. The van der Waals surface area contributed by atoms with E-state index in [1.54, 1.807) is 11.3 Å². The van der Waals surface area contributed by atoms with E-state index in [0.717, 1.165) is 22.7 Å². The van der Waals surface area contributed by atoms with Crippen LogP contribution in [-0.2, 0) is 15.9 Å². The molecule has 0 aromatic carbocycles. The van der Waals surface area contributed by atoms with Crippen LogP contribution in [0, 0.1) is 5.92 Å². The number of rotatable bonds is 5. The van der Waals surface area contributed by atoms with Gasteiger partial charge >= 0.3 is 7.12 Å². The molecule has 2 fully saturated rings. The average Bonchev–Trinajstić information content (AvgIpc) is 2.96. The van der Waals surface area contributed by atoms with Crippen LogP contribution in [0.1, 0.15) is 46.1 Å². The molecule has 0 N–H and O–H groups in total. The standard InChI is InChI=1S/C19H24BFN2O2S/c1-18(2)19(3,4)25-20(24-18)16(21)10-14-12-23(11-13-7-8-13)22-17(14)15-6-5-9-26-15/h5-6,9-10,12-13H,7-8,11H2,1-4H3. The van der Waals surface area contributed by atoms with E-state index in [1.165, 1.54) is 18.9 Å². The second-order valence-corrected chi connectivity index (χ2v) is 9.14. The van der Waals surface area contributed by atoms with Crippen molar-refractivity contribution in [1.82, 2.24) is 9.78 Å². The Kier molecular flexibility index (Phi) is 4.37. The van der Waals surface area contributed by atoms with Gasteiger partial charge < -0.3 is 9.31 Å². The summed E-state index contributed by atoms with van der Waals surface area (Å²) in [5.41, 5.74) is 0.0330. The fourth-order valence-corrected chi connectivity index (χ4v) is 3.71. The minimum Gasteiger partial charge on any atom is -0.398 e. The summed E-state index contributed by atoms with van der Waals surface area (Å²) in [6.07, 6.45) is 5.94. The van der Waals surface area contributed by atoms with E-state index in [2.05, 4.69) is 0 Å². The molecule has 0 radical (unpaired) electrons. The third-order valence-corrected chi connectivity index (χ3v) is 6.34. The van der Waals surface area contributed by atoms with Crippen LogP contribution in [0.5, 0.6) is 0 Å². The number of nitrogens with zero attached hydrogens (tertiary/aromatic N) is 2. The monoisotopic (exact) mass is 374 g/mol. The first-order valence-electron chi connectivity index (χ1n) is 9.09. The molecule has 2 aromatic heterocycles. The minimum atomic E-state index is -0.983. The van der Waals surface area contributed by atoms with Crippen molar-refractivity contribution >= 4 is 24.5 Å². The lowest BCUT2D eigenvalue weighted by Crippen LogP contribution is -2.41. The van der Waals surface area contributed by atoms with Crippen LogP contribution in [0.2, 0.25) is 0 Å². The zero-order valence-electron chi connectivity index (χ0n) is 15.7. The van der Waals surface area contributed by atoms with E-state index < -0.39 is 24.0 Å². The molecule has 1 aliphatic carbocycles. The number of hydrogen-bond donors (Lipinski definition) is 0. The van der Waals surface area contributed by atoms with Gasteiger partial charge in [-0.05, 0) is 64.0 Å². The highest BCUT2D eigenvalue weighted by Crippen LogP contribution is 2.39. The van der Waals surface area contributed by atoms with E-state index in [4.69, 9.17) is 14.4 Å². The first-order valence-corrected chi connectivity index (χ1v) is 9.97. The van der Waals surface area contributed by atoms with Gasteiger partial charge in [0.2, 0.25) is 0 Å². The highest BCUT2D eigenvalue weighted by atomic mass is 32.1. The molecule has 0 spiro atoms. The second-order valence-electron chi connectivity index (χ2n) is 8.19. The van der Waals surface area contributed by atoms with Crippen LogP contribution in [0.15, 0.2) is 29.4 Å². The van der Waals surface area contributed by atoms with Crippen molar-refractivity contribution in [3.05, 3.63) is 35.0 Å². The molecule has 26 heavy (non-hydrogen) atoms. The summed E-state index contributed by atoms with van der Waals surface area (Å²) in [5, 5.41) is 6.71. The first-order chi connectivity index (χ1) is 12.2. The molecule has 4 nitrogen and oxygen atoms in total. The number of halogens is 1. The van der Waals surface area contributed by atoms with E-state index in [0.29, 0.717) is 5.92 Å². The third kappa shape index (κ3) is 3.40. The molecule has 7 heteroatoms. The van der Waals surface area contributed by atoms with Crippen molar-refractivity contribution in [2.75, 3.05) is 0 Å². The SMILES string of the molecule is CC1(C)OB(C(F)=Cc2cn(CC3CC3)nc2-c2cccs2)OC1(C)C. The Morgan fingerprint density at radius 2 is 2.04 bits per heavy atom. The molecule has 0 unspecified atom stereocenters. The average molecular weight is 374 g/mol. The topological polar surface area (TPSA) is 36.3 Å². The highest BCUT2D eigenvalue weighted by Gasteiger charge is 2.53. The number of hydrogen-bond acceptors (Lipinski definition) is 4. The van der Waals surface area contributed by atoms with E-state index >= 15 is 0 Å². The van der Waals surface area contributed by atoms with E-state index in [-0.39, 0.29) is 0 Å². The number of aromatic nitrogens is 2. The van der Waals surface area contributed by atoms with Crippen LogP contribution in [0.25, 0.3) is 16.6 Å². The van der Waals surface area contributed by atoms with E-state index in [9.17, 15) is 4.39 Å². The summed E-state index contributed by atoms with van der Waals surface area (Å²) >= 11 is 1.61. The van der Waals surface area contributed by atoms with Gasteiger partial charge in [0.05, 0.1) is 16.1 Å². The zero-order chi connectivity index (χ0) is 18.5. The molecule has 3 heterocycles. The molecule has 138 valence electrons. The molecular formula is C19H24BFN2O2S. The van der Waals surface area contributed by atoms with Crippen molar-refractivity contribution in [3.63, 3.8) is 0 Å². The van der Waals surface area contributed by atoms with Gasteiger partial charge in [0.25, 0.3) is 0 Å². The van der Waals surface area contributed by atoms with Gasteiger partial charge in [-0.15, -0.1) is 11.3 Å². The maximum Gasteiger partial charge on any atom is 0.525 e. The summed E-state index contributed by atoms with van der Waals surface area (Å²) in [6.45, 7) is 8.58. The Morgan fingerprint density at radius 3 is 2.62 bits per heavy atom. The first kappa shape index (κ1) is 18.0. The third-order valence-electron chi connectivity index (χ3n) is 5.46. The number of thiophene rings is 1. The van der Waals surface area contributed by atoms with Crippen molar-refractivity contribution in [2.45, 2.75) is 58.3 Å². The second kappa shape index (κ2) is 6.32. The van der Waals surface area contributed by atoms with Crippen LogP contribution in [-0.4, -0.2) is 28.1 Å². The zero-order valence-corrected chi connectivity index (χ0v) is 16.5. The molecule has 1 saturated heterocycles. The van der Waals surface area contributed by atoms with Crippen molar-refractivity contribution < 1.29 is 13.7 Å². The Bertz CT molecular complexity index is 809. The van der Waals surface area contributed by atoms with Crippen LogP contribution < -0.4 is 0 Å². The molecule has 4 rings (SSSR count). The quantitative estimate of drug-likeness (QED) is 0.694. The van der Waals surface area contributed by atoms with Gasteiger partial charge in [0.15, 0.2) is 0 Å². The Balaban J connectivity index is 1.64. The van der Waals surface area contributed by atoms with Gasteiger partial charge in [-0.1, -0.05) is 6.07 Å². The van der Waals surface area contributed by atoms with Crippen LogP contribution in [0.3, 0.4) is 0 Å². The molecule has 1 saturated carbocycles. The van der Waals surface area contributed by atoms with Gasteiger partial charge in [-0.25, -0.2) is 4.39 Å². The van der Waals surface area contributed by atoms with E-state index in [1.807, 2.05) is 56.1 Å². The van der Waals surface area contributed by atoms with Gasteiger partial charge in [-0.2, -0.15) is 5.10 Å². The summed E-state index contributed by atoms with van der Waals surface area (Å²) < 4.78 is 28.5. The Labute approximate surface area is 158 Å². The fraction of sp³-hybridized carbons (Fsp3) is 0.526. The predicted molar refractivity (Wildman–Crippen MR) is 103 cm³/mol. The molecule has 2 aromatic rings. The summed E-state index contributed by atoms with van der Waals surface area (Å²) in [7, 11) is -0.983. The lowest BCUT2D eigenvalue weighted by molar-refractivity contribution is 0.00578. The summed E-state index contributed by atoms with van der Waals surface area (Å²) in [5.74, 6) is 0.704. The Hall–Kier alpha value is -1.44. The molecule has 1 aliphatic heterocycles. The highest BCUT2D eigenvalue weighted by molar-refractivity contribution is 7.13. The largest absolute Gasteiger partial charge is 0.525 e. The fourth-order valence-electron chi connectivity index (χ4n) is 2.98. The van der Waals surface area contributed by atoms with Crippen molar-refractivity contribution in [1.29, 1.82) is 0 Å². The van der Waals surface area contributed by atoms with Crippen LogP contribution >= 0.6 is 11.3 Å². The lowest BCUT2D eigenvalue weighted by Gasteiger charge is -2.32. The van der Waals surface area contributed by atoms with Crippen molar-refractivity contribution in [2.24, 2.45) is 5.92 Å².